The summed E-state index contributed by atoms with van der Waals surface area (Å²) in [7, 11) is 1.52. The molecule has 0 atom stereocenters. The Morgan fingerprint density at radius 2 is 2.20 bits per heavy atom. The molecule has 15 heavy (non-hydrogen) atoms. The van der Waals surface area contributed by atoms with E-state index in [1.165, 1.54) is 7.11 Å². The Morgan fingerprint density at radius 3 is 2.60 bits per heavy atom. The van der Waals surface area contributed by atoms with Crippen LogP contribution in [0.4, 0.5) is 0 Å². The largest absolute Gasteiger partial charge is 0.493 e. The van der Waals surface area contributed by atoms with Gasteiger partial charge < -0.3 is 4.74 Å². The normalized spacial score (nSPS) is 10.5. The molecular weight excluding hydrogens is 192 g/mol. The number of carbonyl (C=O) groups excluding carboxylic acids is 1. The number of hydrogen-bond donors (Lipinski definition) is 0. The zero-order valence-corrected chi connectivity index (χ0v) is 9.57. The molecule has 1 rings (SSSR count). The van der Waals surface area contributed by atoms with Crippen molar-refractivity contribution in [2.45, 2.75) is 26.8 Å². The van der Waals surface area contributed by atoms with Crippen molar-refractivity contribution in [3.05, 3.63) is 24.0 Å². The van der Waals surface area contributed by atoms with E-state index in [2.05, 4.69) is 11.7 Å². The summed E-state index contributed by atoms with van der Waals surface area (Å²) >= 11 is 0. The molecule has 0 radical (unpaired) electrons. The van der Waals surface area contributed by atoms with Crippen LogP contribution < -0.4 is 4.74 Å². The Balaban J connectivity index is 3.28. The Labute approximate surface area is 89.5 Å². The summed E-state index contributed by atoms with van der Waals surface area (Å²) in [6.45, 7) is 9.24. The van der Waals surface area contributed by atoms with E-state index in [1.54, 1.807) is 17.8 Å². The molecule has 4 nitrogen and oxygen atoms in total. The van der Waals surface area contributed by atoms with E-state index in [1.807, 2.05) is 13.8 Å². The first-order valence-corrected chi connectivity index (χ1v) is 4.80. The van der Waals surface area contributed by atoms with Crippen LogP contribution in [-0.4, -0.2) is 22.7 Å². The Hall–Kier alpha value is -1.58. The van der Waals surface area contributed by atoms with E-state index in [4.69, 9.17) is 4.74 Å². The van der Waals surface area contributed by atoms with Crippen molar-refractivity contribution in [1.29, 1.82) is 0 Å². The molecule has 4 heteroatoms. The number of allylic oxidation sites excluding steroid dienone is 1. The van der Waals surface area contributed by atoms with Crippen LogP contribution in [0.5, 0.6) is 5.75 Å². The number of ether oxygens (including phenoxy) is 1. The summed E-state index contributed by atoms with van der Waals surface area (Å²) in [6.07, 6.45) is 1.55. The monoisotopic (exact) mass is 208 g/mol. The zero-order chi connectivity index (χ0) is 11.6. The van der Waals surface area contributed by atoms with E-state index in [0.717, 1.165) is 0 Å². The van der Waals surface area contributed by atoms with Gasteiger partial charge in [-0.25, -0.2) is 0 Å². The van der Waals surface area contributed by atoms with Crippen LogP contribution in [0, 0.1) is 0 Å². The fraction of sp³-hybridized carbons (Fsp3) is 0.455. The minimum atomic E-state index is -0.127. The maximum atomic E-state index is 11.9. The van der Waals surface area contributed by atoms with Gasteiger partial charge in [0.1, 0.15) is 0 Å². The molecule has 0 bridgehead atoms. The zero-order valence-electron chi connectivity index (χ0n) is 9.57. The fourth-order valence-electron chi connectivity index (χ4n) is 1.31. The predicted octanol–water partition coefficient (Wildman–Crippen LogP) is 2.23. The van der Waals surface area contributed by atoms with Crippen LogP contribution in [0.1, 0.15) is 37.3 Å². The molecular formula is C11H16N2O2. The van der Waals surface area contributed by atoms with Gasteiger partial charge in [-0.05, 0) is 26.3 Å². The highest BCUT2D eigenvalue weighted by Crippen LogP contribution is 2.23. The minimum absolute atomic E-state index is 0.118. The number of nitrogens with zero attached hydrogens (tertiary/aromatic N) is 2. The number of aromatic nitrogens is 2. The molecule has 0 aliphatic rings. The number of Topliss-reactive ketones (excluding diaryl/α,β-unsaturated/α-hetero) is 1. The van der Waals surface area contributed by atoms with Crippen molar-refractivity contribution in [3.8, 4) is 5.75 Å². The van der Waals surface area contributed by atoms with Gasteiger partial charge >= 0.3 is 0 Å². The van der Waals surface area contributed by atoms with Gasteiger partial charge in [0, 0.05) is 6.04 Å². The van der Waals surface area contributed by atoms with Gasteiger partial charge in [-0.3, -0.25) is 9.48 Å². The first-order valence-electron chi connectivity index (χ1n) is 4.80. The average Bonchev–Trinajstić information content (AvgIpc) is 2.59. The van der Waals surface area contributed by atoms with E-state index < -0.39 is 0 Å². The van der Waals surface area contributed by atoms with Crippen LogP contribution in [0.3, 0.4) is 0 Å². The highest BCUT2D eigenvalue weighted by molar-refractivity contribution is 6.08. The lowest BCUT2D eigenvalue weighted by Gasteiger charge is -2.10. The second kappa shape index (κ2) is 4.29. The Bertz CT molecular complexity index is 391. The third kappa shape index (κ3) is 2.09. The SMILES string of the molecule is C=C(C)C(=O)c1c(OC)cnn1C(C)C. The van der Waals surface area contributed by atoms with Crippen molar-refractivity contribution in [2.75, 3.05) is 7.11 Å². The molecule has 0 saturated heterocycles. The summed E-state index contributed by atoms with van der Waals surface area (Å²) in [5.41, 5.74) is 0.954. The maximum Gasteiger partial charge on any atom is 0.209 e. The Kier molecular flexibility index (Phi) is 3.29. The van der Waals surface area contributed by atoms with Crippen molar-refractivity contribution in [2.24, 2.45) is 0 Å². The molecule has 0 amide bonds. The van der Waals surface area contributed by atoms with Gasteiger partial charge in [0.25, 0.3) is 0 Å². The smallest absolute Gasteiger partial charge is 0.209 e. The van der Waals surface area contributed by atoms with E-state index in [-0.39, 0.29) is 11.8 Å². The molecule has 0 fully saturated rings. The molecule has 0 spiro atoms. The minimum Gasteiger partial charge on any atom is -0.493 e. The third-order valence-corrected chi connectivity index (χ3v) is 2.07. The van der Waals surface area contributed by atoms with Crippen molar-refractivity contribution >= 4 is 5.78 Å². The van der Waals surface area contributed by atoms with E-state index in [9.17, 15) is 4.79 Å². The standard InChI is InChI=1S/C11H16N2O2/c1-7(2)11(14)10-9(15-5)6-12-13(10)8(3)4/h6,8H,1H2,2-5H3. The summed E-state index contributed by atoms with van der Waals surface area (Å²) in [6, 6.07) is 0.118. The molecule has 0 N–H and O–H groups in total. The molecule has 0 aliphatic carbocycles. The highest BCUT2D eigenvalue weighted by atomic mass is 16.5. The van der Waals surface area contributed by atoms with Gasteiger partial charge in [0.15, 0.2) is 11.4 Å². The molecule has 1 aromatic heterocycles. The van der Waals surface area contributed by atoms with Crippen LogP contribution >= 0.6 is 0 Å². The maximum absolute atomic E-state index is 11.9. The highest BCUT2D eigenvalue weighted by Gasteiger charge is 2.20. The predicted molar refractivity (Wildman–Crippen MR) is 58.3 cm³/mol. The number of ketones is 1. The lowest BCUT2D eigenvalue weighted by atomic mass is 10.1. The van der Waals surface area contributed by atoms with E-state index >= 15 is 0 Å². The molecule has 1 heterocycles. The number of carbonyl (C=O) groups is 1. The first kappa shape index (κ1) is 11.5. The third-order valence-electron chi connectivity index (χ3n) is 2.07. The van der Waals surface area contributed by atoms with Crippen LogP contribution in [0.2, 0.25) is 0 Å². The fourth-order valence-corrected chi connectivity index (χ4v) is 1.31. The molecule has 1 aromatic rings. The van der Waals surface area contributed by atoms with Gasteiger partial charge in [-0.15, -0.1) is 0 Å². The van der Waals surface area contributed by atoms with Gasteiger partial charge in [-0.1, -0.05) is 6.58 Å². The topological polar surface area (TPSA) is 44.1 Å². The molecule has 82 valence electrons. The molecule has 0 aliphatic heterocycles. The van der Waals surface area contributed by atoms with Crippen molar-refractivity contribution < 1.29 is 9.53 Å². The summed E-state index contributed by atoms with van der Waals surface area (Å²) in [5.74, 6) is 0.370. The lowest BCUT2D eigenvalue weighted by molar-refractivity contribution is 0.102. The molecule has 0 saturated carbocycles. The second-order valence-electron chi connectivity index (χ2n) is 3.71. The number of hydrogen-bond acceptors (Lipinski definition) is 3. The van der Waals surface area contributed by atoms with Crippen LogP contribution in [-0.2, 0) is 0 Å². The van der Waals surface area contributed by atoms with Crippen LogP contribution in [0.15, 0.2) is 18.3 Å². The number of rotatable bonds is 4. The van der Waals surface area contributed by atoms with Crippen molar-refractivity contribution in [1.82, 2.24) is 9.78 Å². The molecule has 0 unspecified atom stereocenters. The van der Waals surface area contributed by atoms with E-state index in [0.29, 0.717) is 17.0 Å². The average molecular weight is 208 g/mol. The summed E-state index contributed by atoms with van der Waals surface area (Å²) in [4.78, 5) is 11.9. The number of methoxy groups -OCH3 is 1. The Morgan fingerprint density at radius 1 is 1.60 bits per heavy atom. The van der Waals surface area contributed by atoms with Gasteiger partial charge in [0.05, 0.1) is 13.3 Å². The first-order chi connectivity index (χ1) is 6.99. The van der Waals surface area contributed by atoms with Gasteiger partial charge in [0.2, 0.25) is 5.78 Å². The lowest BCUT2D eigenvalue weighted by Crippen LogP contribution is -2.13. The quantitative estimate of drug-likeness (QED) is 0.563. The summed E-state index contributed by atoms with van der Waals surface area (Å²) in [5, 5.41) is 4.12. The second-order valence-corrected chi connectivity index (χ2v) is 3.71. The molecule has 0 aromatic carbocycles. The van der Waals surface area contributed by atoms with Crippen LogP contribution in [0.25, 0.3) is 0 Å². The van der Waals surface area contributed by atoms with Gasteiger partial charge in [-0.2, -0.15) is 5.10 Å². The summed E-state index contributed by atoms with van der Waals surface area (Å²) < 4.78 is 6.75. The van der Waals surface area contributed by atoms with Crippen molar-refractivity contribution in [3.63, 3.8) is 0 Å².